The number of methoxy groups -OCH3 is 1. The Morgan fingerprint density at radius 3 is 2.43 bits per heavy atom. The average Bonchev–Trinajstić information content (AvgIpc) is 3.28. The molecule has 3 rings (SSSR count). The molecule has 0 aliphatic heterocycles. The third-order valence-electron chi connectivity index (χ3n) is 4.47. The van der Waals surface area contributed by atoms with Gasteiger partial charge in [0.05, 0.1) is 13.4 Å². The number of ether oxygens (including phenoxy) is 1. The van der Waals surface area contributed by atoms with Crippen LogP contribution in [0.2, 0.25) is 0 Å². The summed E-state index contributed by atoms with van der Waals surface area (Å²) in [5.41, 5.74) is 2.31. The van der Waals surface area contributed by atoms with Gasteiger partial charge in [0.2, 0.25) is 0 Å². The molecule has 3 aromatic rings. The number of guanidine groups is 1. The summed E-state index contributed by atoms with van der Waals surface area (Å²) >= 11 is 0. The first-order chi connectivity index (χ1) is 14.3. The van der Waals surface area contributed by atoms with E-state index >= 15 is 0 Å². The zero-order chi connectivity index (χ0) is 20.2. The Kier molecular flexibility index (Phi) is 10.8. The Morgan fingerprint density at radius 2 is 1.77 bits per heavy atom. The van der Waals surface area contributed by atoms with Crippen LogP contribution in [0.1, 0.15) is 17.0 Å². The summed E-state index contributed by atoms with van der Waals surface area (Å²) in [4.78, 5) is 9.05. The lowest BCUT2D eigenvalue weighted by atomic mass is 10.1. The minimum atomic E-state index is 0. The highest BCUT2D eigenvalue weighted by Crippen LogP contribution is 2.11. The Bertz CT molecular complexity index is 853. The molecule has 6 nitrogen and oxygen atoms in total. The molecule has 0 amide bonds. The van der Waals surface area contributed by atoms with Crippen LogP contribution in [0.4, 0.5) is 0 Å². The van der Waals surface area contributed by atoms with E-state index in [2.05, 4.69) is 32.7 Å². The zero-order valence-corrected chi connectivity index (χ0v) is 19.5. The van der Waals surface area contributed by atoms with Crippen molar-refractivity contribution in [1.29, 1.82) is 0 Å². The number of halogens is 1. The van der Waals surface area contributed by atoms with Crippen LogP contribution in [0.15, 0.2) is 76.5 Å². The molecule has 1 aromatic carbocycles. The smallest absolute Gasteiger partial charge is 0.191 e. The summed E-state index contributed by atoms with van der Waals surface area (Å²) in [6, 6.07) is 18.0. The van der Waals surface area contributed by atoms with Gasteiger partial charge in [-0.3, -0.25) is 9.98 Å². The molecule has 2 heterocycles. The van der Waals surface area contributed by atoms with E-state index in [0.29, 0.717) is 6.54 Å². The number of furan rings is 1. The predicted molar refractivity (Wildman–Crippen MR) is 131 cm³/mol. The quantitative estimate of drug-likeness (QED) is 0.241. The van der Waals surface area contributed by atoms with Crippen LogP contribution in [0, 0.1) is 0 Å². The largest absolute Gasteiger partial charge is 0.497 e. The monoisotopic (exact) mass is 520 g/mol. The van der Waals surface area contributed by atoms with E-state index in [9.17, 15) is 0 Å². The third kappa shape index (κ3) is 8.44. The van der Waals surface area contributed by atoms with Crippen molar-refractivity contribution >= 4 is 29.9 Å². The number of benzene rings is 1. The Balaban J connectivity index is 0.00000320. The highest BCUT2D eigenvalue weighted by Gasteiger charge is 2.02. The molecular formula is C23H29IN4O2. The second-order valence-electron chi connectivity index (χ2n) is 6.58. The molecule has 7 heteroatoms. The first kappa shape index (κ1) is 23.7. The Labute approximate surface area is 195 Å². The molecule has 2 aromatic heterocycles. The summed E-state index contributed by atoms with van der Waals surface area (Å²) in [7, 11) is 1.68. The number of aromatic nitrogens is 1. The van der Waals surface area contributed by atoms with Gasteiger partial charge >= 0.3 is 0 Å². The van der Waals surface area contributed by atoms with E-state index in [0.717, 1.165) is 55.5 Å². The van der Waals surface area contributed by atoms with Crippen LogP contribution in [-0.2, 0) is 19.3 Å². The molecule has 0 atom stereocenters. The molecule has 0 unspecified atom stereocenters. The third-order valence-corrected chi connectivity index (χ3v) is 4.47. The highest BCUT2D eigenvalue weighted by atomic mass is 127. The van der Waals surface area contributed by atoms with E-state index in [1.165, 1.54) is 5.56 Å². The standard InChI is InChI=1S/C23H28N4O2.HI/c1-28-21-9-7-19(8-10-21)11-15-25-23(27-17-13-22-6-4-18-29-22)26-16-12-20-5-2-3-14-24-20;/h2-10,14,18H,11-13,15-17H2,1H3,(H2,25,26,27);1H. The molecule has 0 saturated carbocycles. The van der Waals surface area contributed by atoms with E-state index in [4.69, 9.17) is 9.15 Å². The Hall–Kier alpha value is -2.55. The molecule has 160 valence electrons. The molecule has 0 radical (unpaired) electrons. The molecule has 0 spiro atoms. The van der Waals surface area contributed by atoms with Gasteiger partial charge < -0.3 is 19.8 Å². The predicted octanol–water partition coefficient (Wildman–Crippen LogP) is 3.86. The SMILES string of the molecule is COc1ccc(CCNC(=NCCc2ccco2)NCCc2ccccn2)cc1.I. The van der Waals surface area contributed by atoms with E-state index in [1.54, 1.807) is 13.4 Å². The van der Waals surface area contributed by atoms with Crippen molar-refractivity contribution in [3.05, 3.63) is 84.1 Å². The molecule has 0 fully saturated rings. The molecule has 0 aliphatic carbocycles. The van der Waals surface area contributed by atoms with Crippen molar-refractivity contribution in [3.63, 3.8) is 0 Å². The summed E-state index contributed by atoms with van der Waals surface area (Å²) in [5.74, 6) is 2.62. The van der Waals surface area contributed by atoms with Crippen LogP contribution < -0.4 is 15.4 Å². The summed E-state index contributed by atoms with van der Waals surface area (Å²) in [5, 5.41) is 6.82. The number of hydrogen-bond donors (Lipinski definition) is 2. The minimum absolute atomic E-state index is 0. The number of nitrogens with zero attached hydrogens (tertiary/aromatic N) is 2. The Morgan fingerprint density at radius 1 is 0.967 bits per heavy atom. The molecular weight excluding hydrogens is 491 g/mol. The van der Waals surface area contributed by atoms with Crippen LogP contribution in [-0.4, -0.2) is 37.7 Å². The first-order valence-electron chi connectivity index (χ1n) is 9.91. The van der Waals surface area contributed by atoms with E-state index in [1.807, 2.05) is 48.7 Å². The second-order valence-corrected chi connectivity index (χ2v) is 6.58. The van der Waals surface area contributed by atoms with Gasteiger partial charge in [0, 0.05) is 44.4 Å². The second kappa shape index (κ2) is 13.6. The number of hydrogen-bond acceptors (Lipinski definition) is 4. The van der Waals surface area contributed by atoms with E-state index in [-0.39, 0.29) is 24.0 Å². The van der Waals surface area contributed by atoms with Crippen molar-refractivity contribution in [2.75, 3.05) is 26.7 Å². The van der Waals surface area contributed by atoms with Gasteiger partial charge in [0.25, 0.3) is 0 Å². The van der Waals surface area contributed by atoms with Crippen LogP contribution in [0.25, 0.3) is 0 Å². The van der Waals surface area contributed by atoms with Gasteiger partial charge in [-0.2, -0.15) is 0 Å². The molecule has 0 bridgehead atoms. The fraction of sp³-hybridized carbons (Fsp3) is 0.304. The van der Waals surface area contributed by atoms with Crippen molar-refractivity contribution in [1.82, 2.24) is 15.6 Å². The van der Waals surface area contributed by atoms with E-state index < -0.39 is 0 Å². The van der Waals surface area contributed by atoms with Crippen molar-refractivity contribution in [2.45, 2.75) is 19.3 Å². The van der Waals surface area contributed by atoms with Crippen molar-refractivity contribution in [3.8, 4) is 5.75 Å². The van der Waals surface area contributed by atoms with Gasteiger partial charge in [-0.1, -0.05) is 18.2 Å². The zero-order valence-electron chi connectivity index (χ0n) is 17.2. The maximum absolute atomic E-state index is 5.38. The summed E-state index contributed by atoms with van der Waals surface area (Å²) in [6.45, 7) is 2.23. The van der Waals surface area contributed by atoms with Gasteiger partial charge in [0.15, 0.2) is 5.96 Å². The van der Waals surface area contributed by atoms with Gasteiger partial charge in [-0.05, 0) is 48.4 Å². The molecule has 0 aliphatic rings. The topological polar surface area (TPSA) is 71.7 Å². The average molecular weight is 520 g/mol. The molecule has 0 saturated heterocycles. The maximum Gasteiger partial charge on any atom is 0.191 e. The molecule has 2 N–H and O–H groups in total. The minimum Gasteiger partial charge on any atom is -0.497 e. The number of pyridine rings is 1. The number of aliphatic imine (C=N–C) groups is 1. The summed E-state index contributed by atoms with van der Waals surface area (Å²) in [6.07, 6.45) is 6.04. The van der Waals surface area contributed by atoms with Crippen molar-refractivity contribution < 1.29 is 9.15 Å². The van der Waals surface area contributed by atoms with Crippen molar-refractivity contribution in [2.24, 2.45) is 4.99 Å². The van der Waals surface area contributed by atoms with Gasteiger partial charge in [-0.15, -0.1) is 24.0 Å². The highest BCUT2D eigenvalue weighted by molar-refractivity contribution is 14.0. The first-order valence-corrected chi connectivity index (χ1v) is 9.91. The maximum atomic E-state index is 5.38. The lowest BCUT2D eigenvalue weighted by Crippen LogP contribution is -2.39. The number of rotatable bonds is 10. The normalized spacial score (nSPS) is 10.9. The van der Waals surface area contributed by atoms with Crippen LogP contribution >= 0.6 is 24.0 Å². The van der Waals surface area contributed by atoms with Gasteiger partial charge in [-0.25, -0.2) is 0 Å². The van der Waals surface area contributed by atoms with Gasteiger partial charge in [0.1, 0.15) is 11.5 Å². The summed E-state index contributed by atoms with van der Waals surface area (Å²) < 4.78 is 10.6. The van der Waals surface area contributed by atoms with Crippen LogP contribution in [0.5, 0.6) is 5.75 Å². The lowest BCUT2D eigenvalue weighted by molar-refractivity contribution is 0.414. The lowest BCUT2D eigenvalue weighted by Gasteiger charge is -2.13. The fourth-order valence-electron chi connectivity index (χ4n) is 2.88. The fourth-order valence-corrected chi connectivity index (χ4v) is 2.88. The molecule has 30 heavy (non-hydrogen) atoms. The number of nitrogens with one attached hydrogen (secondary N) is 2. The van der Waals surface area contributed by atoms with Crippen LogP contribution in [0.3, 0.4) is 0 Å².